The Bertz CT molecular complexity index is 464. The first-order chi connectivity index (χ1) is 9.85. The SMILES string of the molecule is CCCOc1ccc(OC)cc1CNC(=O)CC(C)(C)C. The van der Waals surface area contributed by atoms with E-state index in [0.29, 0.717) is 19.6 Å². The fourth-order valence-electron chi connectivity index (χ4n) is 1.91. The first-order valence-electron chi connectivity index (χ1n) is 7.42. The smallest absolute Gasteiger partial charge is 0.220 e. The van der Waals surface area contributed by atoms with Gasteiger partial charge < -0.3 is 14.8 Å². The molecule has 0 bridgehead atoms. The average molecular weight is 293 g/mol. The monoisotopic (exact) mass is 293 g/mol. The van der Waals surface area contributed by atoms with Crippen LogP contribution in [-0.2, 0) is 11.3 Å². The number of hydrogen-bond donors (Lipinski definition) is 1. The number of rotatable bonds is 7. The lowest BCUT2D eigenvalue weighted by atomic mass is 9.92. The van der Waals surface area contributed by atoms with Gasteiger partial charge in [0.2, 0.25) is 5.91 Å². The second-order valence-electron chi connectivity index (χ2n) is 6.34. The third-order valence-corrected chi connectivity index (χ3v) is 2.90. The molecule has 1 amide bonds. The van der Waals surface area contributed by atoms with E-state index in [1.165, 1.54) is 0 Å². The lowest BCUT2D eigenvalue weighted by Gasteiger charge is -2.18. The molecule has 0 atom stereocenters. The lowest BCUT2D eigenvalue weighted by molar-refractivity contribution is -0.122. The zero-order valence-electron chi connectivity index (χ0n) is 13.8. The van der Waals surface area contributed by atoms with Gasteiger partial charge in [-0.25, -0.2) is 0 Å². The standard InChI is InChI=1S/C17H27NO3/c1-6-9-21-15-8-7-14(20-5)10-13(15)12-18-16(19)11-17(2,3)4/h7-8,10H,6,9,11-12H2,1-5H3,(H,18,19). The Balaban J connectivity index is 2.72. The Kier molecular flexibility index (Phi) is 6.53. The highest BCUT2D eigenvalue weighted by molar-refractivity contribution is 5.76. The van der Waals surface area contributed by atoms with E-state index in [-0.39, 0.29) is 11.3 Å². The van der Waals surface area contributed by atoms with Gasteiger partial charge in [-0.05, 0) is 30.0 Å². The summed E-state index contributed by atoms with van der Waals surface area (Å²) in [5.74, 6) is 1.61. The second kappa shape index (κ2) is 7.91. The number of hydrogen-bond acceptors (Lipinski definition) is 3. The van der Waals surface area contributed by atoms with Gasteiger partial charge in [0.25, 0.3) is 0 Å². The van der Waals surface area contributed by atoms with E-state index in [4.69, 9.17) is 9.47 Å². The number of ether oxygens (including phenoxy) is 2. The normalized spacial score (nSPS) is 11.1. The molecule has 0 saturated carbocycles. The summed E-state index contributed by atoms with van der Waals surface area (Å²) in [5, 5.41) is 2.95. The molecule has 1 aromatic rings. The molecule has 1 N–H and O–H groups in total. The molecule has 0 aliphatic heterocycles. The molecular weight excluding hydrogens is 266 g/mol. The minimum Gasteiger partial charge on any atom is -0.497 e. The van der Waals surface area contributed by atoms with Crippen molar-refractivity contribution in [1.29, 1.82) is 0 Å². The molecule has 0 aromatic heterocycles. The summed E-state index contributed by atoms with van der Waals surface area (Å²) in [4.78, 5) is 11.9. The lowest BCUT2D eigenvalue weighted by Crippen LogP contribution is -2.27. The molecule has 21 heavy (non-hydrogen) atoms. The van der Waals surface area contributed by atoms with Crippen LogP contribution in [0.1, 0.15) is 46.1 Å². The van der Waals surface area contributed by atoms with Crippen LogP contribution in [0.15, 0.2) is 18.2 Å². The summed E-state index contributed by atoms with van der Waals surface area (Å²) in [5.41, 5.74) is 0.921. The number of nitrogens with one attached hydrogen (secondary N) is 1. The van der Waals surface area contributed by atoms with Crippen LogP contribution in [0.3, 0.4) is 0 Å². The van der Waals surface area contributed by atoms with Crippen molar-refractivity contribution in [3.63, 3.8) is 0 Å². The average Bonchev–Trinajstić information content (AvgIpc) is 2.41. The molecule has 4 heteroatoms. The summed E-state index contributed by atoms with van der Waals surface area (Å²) in [6.07, 6.45) is 1.45. The van der Waals surface area contributed by atoms with Crippen molar-refractivity contribution in [2.75, 3.05) is 13.7 Å². The third-order valence-electron chi connectivity index (χ3n) is 2.90. The predicted molar refractivity (Wildman–Crippen MR) is 84.7 cm³/mol. The fraction of sp³-hybridized carbons (Fsp3) is 0.588. The molecule has 1 rings (SSSR count). The van der Waals surface area contributed by atoms with Crippen LogP contribution in [0.4, 0.5) is 0 Å². The van der Waals surface area contributed by atoms with Gasteiger partial charge in [-0.2, -0.15) is 0 Å². The van der Waals surface area contributed by atoms with Gasteiger partial charge >= 0.3 is 0 Å². The van der Waals surface area contributed by atoms with Crippen LogP contribution in [0, 0.1) is 5.41 Å². The largest absolute Gasteiger partial charge is 0.497 e. The van der Waals surface area contributed by atoms with E-state index in [9.17, 15) is 4.79 Å². The molecule has 4 nitrogen and oxygen atoms in total. The van der Waals surface area contributed by atoms with Crippen molar-refractivity contribution in [3.8, 4) is 11.5 Å². The summed E-state index contributed by atoms with van der Waals surface area (Å²) in [6, 6.07) is 5.66. The zero-order chi connectivity index (χ0) is 15.9. The van der Waals surface area contributed by atoms with Crippen LogP contribution < -0.4 is 14.8 Å². The van der Waals surface area contributed by atoms with E-state index in [1.807, 2.05) is 39.0 Å². The van der Waals surface area contributed by atoms with Crippen molar-refractivity contribution in [2.24, 2.45) is 5.41 Å². The number of carbonyl (C=O) groups excluding carboxylic acids is 1. The molecule has 0 radical (unpaired) electrons. The third kappa shape index (κ3) is 6.52. The highest BCUT2D eigenvalue weighted by Gasteiger charge is 2.16. The van der Waals surface area contributed by atoms with Gasteiger partial charge in [0, 0.05) is 18.5 Å². The number of benzene rings is 1. The first-order valence-corrected chi connectivity index (χ1v) is 7.42. The maximum absolute atomic E-state index is 11.9. The van der Waals surface area contributed by atoms with Gasteiger partial charge in [0.15, 0.2) is 0 Å². The Morgan fingerprint density at radius 1 is 1.29 bits per heavy atom. The summed E-state index contributed by atoms with van der Waals surface area (Å²) in [7, 11) is 1.63. The van der Waals surface area contributed by atoms with Crippen molar-refractivity contribution in [1.82, 2.24) is 5.32 Å². The minimum atomic E-state index is -0.0139. The highest BCUT2D eigenvalue weighted by atomic mass is 16.5. The maximum atomic E-state index is 11.9. The number of amides is 1. The molecule has 0 unspecified atom stereocenters. The quantitative estimate of drug-likeness (QED) is 0.836. The molecule has 1 aromatic carbocycles. The van der Waals surface area contributed by atoms with Gasteiger partial charge in [-0.15, -0.1) is 0 Å². The second-order valence-corrected chi connectivity index (χ2v) is 6.34. The molecule has 118 valence electrons. The van der Waals surface area contributed by atoms with E-state index in [0.717, 1.165) is 23.5 Å². The van der Waals surface area contributed by atoms with Crippen molar-refractivity contribution < 1.29 is 14.3 Å². The first kappa shape index (κ1) is 17.3. The minimum absolute atomic E-state index is 0.0139. The van der Waals surface area contributed by atoms with Crippen molar-refractivity contribution in [3.05, 3.63) is 23.8 Å². The summed E-state index contributed by atoms with van der Waals surface area (Å²) < 4.78 is 10.9. The Hall–Kier alpha value is -1.71. The van der Waals surface area contributed by atoms with E-state index in [1.54, 1.807) is 7.11 Å². The highest BCUT2D eigenvalue weighted by Crippen LogP contribution is 2.25. The van der Waals surface area contributed by atoms with Crippen molar-refractivity contribution >= 4 is 5.91 Å². The van der Waals surface area contributed by atoms with E-state index < -0.39 is 0 Å². The Morgan fingerprint density at radius 3 is 2.57 bits per heavy atom. The molecule has 0 spiro atoms. The summed E-state index contributed by atoms with van der Waals surface area (Å²) in [6.45, 7) is 9.32. The van der Waals surface area contributed by atoms with Gasteiger partial charge in [0.1, 0.15) is 11.5 Å². The van der Waals surface area contributed by atoms with Gasteiger partial charge in [0.05, 0.1) is 13.7 Å². The molecular formula is C17H27NO3. The van der Waals surface area contributed by atoms with Gasteiger partial charge in [-0.1, -0.05) is 27.7 Å². The fourth-order valence-corrected chi connectivity index (χ4v) is 1.91. The van der Waals surface area contributed by atoms with Gasteiger partial charge in [-0.3, -0.25) is 4.79 Å². The Morgan fingerprint density at radius 2 is 2.00 bits per heavy atom. The maximum Gasteiger partial charge on any atom is 0.220 e. The van der Waals surface area contributed by atoms with Crippen LogP contribution in [0.2, 0.25) is 0 Å². The summed E-state index contributed by atoms with van der Waals surface area (Å²) >= 11 is 0. The van der Waals surface area contributed by atoms with Crippen LogP contribution in [0.5, 0.6) is 11.5 Å². The van der Waals surface area contributed by atoms with Crippen LogP contribution in [0.25, 0.3) is 0 Å². The van der Waals surface area contributed by atoms with Crippen LogP contribution in [-0.4, -0.2) is 19.6 Å². The van der Waals surface area contributed by atoms with E-state index >= 15 is 0 Å². The molecule has 0 saturated heterocycles. The number of methoxy groups -OCH3 is 1. The van der Waals surface area contributed by atoms with Crippen LogP contribution >= 0.6 is 0 Å². The predicted octanol–water partition coefficient (Wildman–Crippen LogP) is 3.54. The van der Waals surface area contributed by atoms with E-state index in [2.05, 4.69) is 12.2 Å². The van der Waals surface area contributed by atoms with Crippen molar-refractivity contribution in [2.45, 2.75) is 47.1 Å². The number of carbonyl (C=O) groups is 1. The molecule has 0 heterocycles. The molecule has 0 fully saturated rings. The molecule has 0 aliphatic rings. The Labute approximate surface area is 127 Å². The topological polar surface area (TPSA) is 47.6 Å². The zero-order valence-corrected chi connectivity index (χ0v) is 13.8. The molecule has 0 aliphatic carbocycles.